The first kappa shape index (κ1) is 12.6. The molecule has 2 heteroatoms. The van der Waals surface area contributed by atoms with Gasteiger partial charge in [0.15, 0.2) is 5.78 Å². The molecule has 0 aliphatic rings. The molecule has 3 rings (SSSR count). The number of carbonyl (C=O) groups excluding carboxylic acids is 1. The van der Waals surface area contributed by atoms with E-state index in [9.17, 15) is 9.90 Å². The lowest BCUT2D eigenvalue weighted by Gasteiger charge is -2.11. The first-order valence-electron chi connectivity index (χ1n) is 6.52. The van der Waals surface area contributed by atoms with E-state index in [1.807, 2.05) is 42.5 Å². The molecule has 0 aromatic heterocycles. The number of carbonyl (C=O) groups is 1. The second-order valence-electron chi connectivity index (χ2n) is 4.74. The summed E-state index contributed by atoms with van der Waals surface area (Å²) in [5.41, 5.74) is 1.14. The Morgan fingerprint density at radius 3 is 2.20 bits per heavy atom. The van der Waals surface area contributed by atoms with Crippen LogP contribution in [0.4, 0.5) is 0 Å². The Balaban J connectivity index is 1.96. The van der Waals surface area contributed by atoms with E-state index in [0.29, 0.717) is 11.1 Å². The Bertz CT molecular complexity index is 747. The summed E-state index contributed by atoms with van der Waals surface area (Å²) in [5, 5.41) is 12.4. The molecule has 1 unspecified atom stereocenters. The van der Waals surface area contributed by atoms with Gasteiger partial charge in [-0.15, -0.1) is 0 Å². The van der Waals surface area contributed by atoms with E-state index in [0.717, 1.165) is 10.8 Å². The Morgan fingerprint density at radius 1 is 0.800 bits per heavy atom. The Labute approximate surface area is 117 Å². The molecule has 98 valence electrons. The SMILES string of the molecule is O=C(c1ccccc1)C(O)c1ccc2ccccc2c1. The Morgan fingerprint density at radius 2 is 1.45 bits per heavy atom. The predicted octanol–water partition coefficient (Wildman–Crippen LogP) is 3.76. The highest BCUT2D eigenvalue weighted by Gasteiger charge is 2.18. The highest BCUT2D eigenvalue weighted by Crippen LogP contribution is 2.23. The maximum atomic E-state index is 12.2. The second kappa shape index (κ2) is 5.27. The fourth-order valence-electron chi connectivity index (χ4n) is 2.29. The molecule has 20 heavy (non-hydrogen) atoms. The molecule has 1 atom stereocenters. The topological polar surface area (TPSA) is 37.3 Å². The van der Waals surface area contributed by atoms with Crippen LogP contribution >= 0.6 is 0 Å². The predicted molar refractivity (Wildman–Crippen MR) is 79.7 cm³/mol. The smallest absolute Gasteiger partial charge is 0.195 e. The number of aliphatic hydroxyl groups excluding tert-OH is 1. The van der Waals surface area contributed by atoms with E-state index in [-0.39, 0.29) is 5.78 Å². The summed E-state index contributed by atoms with van der Waals surface area (Å²) in [5.74, 6) is -0.277. The zero-order valence-electron chi connectivity index (χ0n) is 10.9. The van der Waals surface area contributed by atoms with Crippen molar-refractivity contribution < 1.29 is 9.90 Å². The van der Waals surface area contributed by atoms with E-state index in [4.69, 9.17) is 0 Å². The van der Waals surface area contributed by atoms with E-state index >= 15 is 0 Å². The van der Waals surface area contributed by atoms with Gasteiger partial charge in [-0.3, -0.25) is 4.79 Å². The maximum Gasteiger partial charge on any atom is 0.195 e. The number of Topliss-reactive ketones (excluding diaryl/α,β-unsaturated/α-hetero) is 1. The van der Waals surface area contributed by atoms with Crippen LogP contribution in [0.3, 0.4) is 0 Å². The van der Waals surface area contributed by atoms with Gasteiger partial charge in [0.25, 0.3) is 0 Å². The average Bonchev–Trinajstić information content (AvgIpc) is 2.54. The van der Waals surface area contributed by atoms with Crippen LogP contribution in [0.25, 0.3) is 10.8 Å². The van der Waals surface area contributed by atoms with Gasteiger partial charge < -0.3 is 5.11 Å². The molecule has 0 aliphatic heterocycles. The molecule has 0 saturated carbocycles. The van der Waals surface area contributed by atoms with Crippen molar-refractivity contribution in [2.45, 2.75) is 6.10 Å². The van der Waals surface area contributed by atoms with Crippen molar-refractivity contribution >= 4 is 16.6 Å². The van der Waals surface area contributed by atoms with Gasteiger partial charge in [-0.05, 0) is 22.4 Å². The van der Waals surface area contributed by atoms with Crippen LogP contribution in [0, 0.1) is 0 Å². The number of ketones is 1. The van der Waals surface area contributed by atoms with Gasteiger partial charge in [0, 0.05) is 5.56 Å². The van der Waals surface area contributed by atoms with Gasteiger partial charge in [0.1, 0.15) is 6.10 Å². The summed E-state index contributed by atoms with van der Waals surface area (Å²) in [6, 6.07) is 22.3. The first-order valence-corrected chi connectivity index (χ1v) is 6.52. The normalized spacial score (nSPS) is 12.2. The molecule has 0 heterocycles. The molecule has 1 N–H and O–H groups in total. The summed E-state index contributed by atoms with van der Waals surface area (Å²) in [4.78, 5) is 12.2. The summed E-state index contributed by atoms with van der Waals surface area (Å²) in [6.07, 6.45) is -1.12. The van der Waals surface area contributed by atoms with Crippen LogP contribution < -0.4 is 0 Å². The van der Waals surface area contributed by atoms with E-state index in [1.54, 1.807) is 30.3 Å². The molecular weight excluding hydrogens is 248 g/mol. The average molecular weight is 262 g/mol. The van der Waals surface area contributed by atoms with E-state index < -0.39 is 6.10 Å². The van der Waals surface area contributed by atoms with Crippen molar-refractivity contribution in [2.75, 3.05) is 0 Å². The van der Waals surface area contributed by atoms with Crippen molar-refractivity contribution in [1.82, 2.24) is 0 Å². The first-order chi connectivity index (χ1) is 9.75. The van der Waals surface area contributed by atoms with Gasteiger partial charge in [-0.2, -0.15) is 0 Å². The monoisotopic (exact) mass is 262 g/mol. The van der Waals surface area contributed by atoms with Crippen LogP contribution in [0.5, 0.6) is 0 Å². The number of aliphatic hydroxyl groups is 1. The molecule has 3 aromatic carbocycles. The van der Waals surface area contributed by atoms with Crippen LogP contribution in [0.15, 0.2) is 72.8 Å². The molecule has 0 amide bonds. The minimum Gasteiger partial charge on any atom is -0.380 e. The number of fused-ring (bicyclic) bond motifs is 1. The minimum absolute atomic E-state index is 0.277. The van der Waals surface area contributed by atoms with Crippen molar-refractivity contribution in [3.63, 3.8) is 0 Å². The third-order valence-electron chi connectivity index (χ3n) is 3.40. The quantitative estimate of drug-likeness (QED) is 0.730. The highest BCUT2D eigenvalue weighted by molar-refractivity contribution is 6.00. The van der Waals surface area contributed by atoms with Gasteiger partial charge in [0.05, 0.1) is 0 Å². The van der Waals surface area contributed by atoms with E-state index in [2.05, 4.69) is 0 Å². The number of benzene rings is 3. The Hall–Kier alpha value is -2.45. The van der Waals surface area contributed by atoms with Crippen LogP contribution in [-0.2, 0) is 0 Å². The van der Waals surface area contributed by atoms with Gasteiger partial charge in [-0.1, -0.05) is 66.7 Å². The lowest BCUT2D eigenvalue weighted by atomic mass is 9.98. The number of hydrogen-bond donors (Lipinski definition) is 1. The molecule has 0 fully saturated rings. The molecule has 0 aliphatic carbocycles. The zero-order chi connectivity index (χ0) is 13.9. The van der Waals surface area contributed by atoms with Crippen molar-refractivity contribution in [3.05, 3.63) is 83.9 Å². The molecule has 2 nitrogen and oxygen atoms in total. The Kier molecular flexibility index (Phi) is 3.32. The molecule has 0 bridgehead atoms. The second-order valence-corrected chi connectivity index (χ2v) is 4.74. The lowest BCUT2D eigenvalue weighted by Crippen LogP contribution is -2.12. The van der Waals surface area contributed by atoms with Crippen LogP contribution in [-0.4, -0.2) is 10.9 Å². The molecule has 0 radical (unpaired) electrons. The van der Waals surface area contributed by atoms with Gasteiger partial charge in [0.2, 0.25) is 0 Å². The van der Waals surface area contributed by atoms with Crippen molar-refractivity contribution in [2.24, 2.45) is 0 Å². The van der Waals surface area contributed by atoms with Crippen LogP contribution in [0.1, 0.15) is 22.0 Å². The number of rotatable bonds is 3. The standard InChI is InChI=1S/C18H14O2/c19-17(14-7-2-1-3-8-14)18(20)16-11-10-13-6-4-5-9-15(13)12-16/h1-12,18,20H. The lowest BCUT2D eigenvalue weighted by molar-refractivity contribution is 0.0747. The highest BCUT2D eigenvalue weighted by atomic mass is 16.3. The third kappa shape index (κ3) is 2.33. The molecule has 3 aromatic rings. The largest absolute Gasteiger partial charge is 0.380 e. The zero-order valence-corrected chi connectivity index (χ0v) is 10.9. The fraction of sp³-hybridized carbons (Fsp3) is 0.0556. The minimum atomic E-state index is -1.12. The third-order valence-corrected chi connectivity index (χ3v) is 3.40. The summed E-state index contributed by atoms with van der Waals surface area (Å²) in [7, 11) is 0. The molecular formula is C18H14O2. The number of hydrogen-bond acceptors (Lipinski definition) is 2. The van der Waals surface area contributed by atoms with Gasteiger partial charge in [-0.25, -0.2) is 0 Å². The molecule has 0 saturated heterocycles. The summed E-state index contributed by atoms with van der Waals surface area (Å²) in [6.45, 7) is 0. The molecule has 0 spiro atoms. The maximum absolute atomic E-state index is 12.2. The summed E-state index contributed by atoms with van der Waals surface area (Å²) < 4.78 is 0. The van der Waals surface area contributed by atoms with Crippen LogP contribution in [0.2, 0.25) is 0 Å². The van der Waals surface area contributed by atoms with Gasteiger partial charge >= 0.3 is 0 Å². The van der Waals surface area contributed by atoms with Crippen molar-refractivity contribution in [3.8, 4) is 0 Å². The fourth-order valence-corrected chi connectivity index (χ4v) is 2.29. The summed E-state index contributed by atoms with van der Waals surface area (Å²) >= 11 is 0. The van der Waals surface area contributed by atoms with Crippen molar-refractivity contribution in [1.29, 1.82) is 0 Å². The van der Waals surface area contributed by atoms with E-state index in [1.165, 1.54) is 0 Å².